The minimum absolute atomic E-state index is 0.0338. The lowest BCUT2D eigenvalue weighted by atomic mass is 9.57. The van der Waals surface area contributed by atoms with E-state index in [-0.39, 0.29) is 50.0 Å². The lowest BCUT2D eigenvalue weighted by Crippen LogP contribution is -2.60. The van der Waals surface area contributed by atoms with E-state index in [1.54, 1.807) is 20.8 Å². The Balaban J connectivity index is 2.72. The van der Waals surface area contributed by atoms with Crippen molar-refractivity contribution in [1.82, 2.24) is 5.32 Å². The van der Waals surface area contributed by atoms with Crippen molar-refractivity contribution >= 4 is 41.3 Å². The summed E-state index contributed by atoms with van der Waals surface area (Å²) in [6.45, 7) is 6.59. The van der Waals surface area contributed by atoms with Gasteiger partial charge >= 0.3 is 23.9 Å². The molecule has 2 rings (SSSR count). The van der Waals surface area contributed by atoms with Crippen LogP contribution in [-0.2, 0) is 47.7 Å². The first-order chi connectivity index (χ1) is 18.1. The number of ketones is 1. The lowest BCUT2D eigenvalue weighted by molar-refractivity contribution is -0.147. The molecule has 0 bridgehead atoms. The maximum absolute atomic E-state index is 13.5. The smallest absolute Gasteiger partial charge is 0.306 e. The molecule has 6 unspecified atom stereocenters. The Morgan fingerprint density at radius 3 is 1.90 bits per heavy atom. The van der Waals surface area contributed by atoms with Crippen molar-refractivity contribution in [3.8, 4) is 0 Å². The number of amides is 1. The molecule has 12 heteroatoms. The van der Waals surface area contributed by atoms with Gasteiger partial charge in [-0.05, 0) is 19.8 Å². The quantitative estimate of drug-likeness (QED) is 0.278. The molecule has 2 heterocycles. The summed E-state index contributed by atoms with van der Waals surface area (Å²) < 4.78 is 19.5. The molecular weight excluding hydrogens is 512 g/mol. The van der Waals surface area contributed by atoms with Crippen molar-refractivity contribution in [2.24, 2.45) is 27.7 Å². The summed E-state index contributed by atoms with van der Waals surface area (Å²) in [6, 6.07) is -0.861. The summed E-state index contributed by atoms with van der Waals surface area (Å²) in [5.41, 5.74) is -3.28. The first-order valence-electron chi connectivity index (χ1n) is 12.8. The van der Waals surface area contributed by atoms with E-state index in [1.165, 1.54) is 35.4 Å². The summed E-state index contributed by atoms with van der Waals surface area (Å²) in [6.07, 6.45) is -0.204. The van der Waals surface area contributed by atoms with Gasteiger partial charge in [-0.25, -0.2) is 0 Å². The van der Waals surface area contributed by atoms with Crippen LogP contribution in [0.25, 0.3) is 0 Å². The summed E-state index contributed by atoms with van der Waals surface area (Å²) in [4.78, 5) is 80.5. The van der Waals surface area contributed by atoms with Gasteiger partial charge in [-0.2, -0.15) is 0 Å². The van der Waals surface area contributed by atoms with Gasteiger partial charge < -0.3 is 24.3 Å². The summed E-state index contributed by atoms with van der Waals surface area (Å²) in [5.74, 6) is -4.36. The molecule has 2 aliphatic rings. The van der Waals surface area contributed by atoms with Crippen molar-refractivity contribution in [3.63, 3.8) is 0 Å². The third-order valence-corrected chi connectivity index (χ3v) is 8.88. The van der Waals surface area contributed by atoms with Crippen molar-refractivity contribution in [2.45, 2.75) is 77.8 Å². The molecule has 0 radical (unpaired) electrons. The number of carbonyl (C=O) groups is 6. The molecule has 1 amide bonds. The normalized spacial score (nSPS) is 31.6. The third kappa shape index (κ3) is 5.99. The molecule has 12 nitrogen and oxygen atoms in total. The average molecular weight is 553 g/mol. The first kappa shape index (κ1) is 31.9. The van der Waals surface area contributed by atoms with Crippen LogP contribution in [0.3, 0.4) is 0 Å². The van der Waals surface area contributed by atoms with E-state index >= 15 is 0 Å². The van der Waals surface area contributed by atoms with E-state index in [1.807, 2.05) is 0 Å². The number of hydrogen-bond acceptors (Lipinski definition) is 11. The van der Waals surface area contributed by atoms with E-state index in [4.69, 9.17) is 23.9 Å². The van der Waals surface area contributed by atoms with Crippen LogP contribution < -0.4 is 5.32 Å². The van der Waals surface area contributed by atoms with Crippen LogP contribution in [0.4, 0.5) is 0 Å². The molecule has 1 saturated heterocycles. The summed E-state index contributed by atoms with van der Waals surface area (Å²) in [7, 11) is 4.99. The molecular formula is C27H40N2O10. The maximum Gasteiger partial charge on any atom is 0.306 e. The first-order valence-corrected chi connectivity index (χ1v) is 12.8. The number of nitrogens with zero attached hydrogens (tertiary/aromatic N) is 1. The highest BCUT2D eigenvalue weighted by Gasteiger charge is 2.67. The summed E-state index contributed by atoms with van der Waals surface area (Å²) >= 11 is 0. The van der Waals surface area contributed by atoms with Gasteiger partial charge in [0.1, 0.15) is 0 Å². The number of carbonyl (C=O) groups excluding carboxylic acids is 6. The molecule has 0 aliphatic carbocycles. The van der Waals surface area contributed by atoms with Gasteiger partial charge in [0.25, 0.3) is 0 Å². The Morgan fingerprint density at radius 2 is 1.38 bits per heavy atom. The van der Waals surface area contributed by atoms with E-state index in [9.17, 15) is 28.8 Å². The Hall–Kier alpha value is -3.31. The fraction of sp³-hybridized carbons (Fsp3) is 0.741. The minimum Gasteiger partial charge on any atom is -0.469 e. The maximum atomic E-state index is 13.5. The number of aliphatic imine (C=N–C) groups is 1. The van der Waals surface area contributed by atoms with Crippen molar-refractivity contribution < 1.29 is 47.7 Å². The zero-order valence-corrected chi connectivity index (χ0v) is 24.0. The molecule has 0 aromatic rings. The van der Waals surface area contributed by atoms with Gasteiger partial charge in [0, 0.05) is 42.4 Å². The zero-order chi connectivity index (χ0) is 29.8. The number of nitrogens with one attached hydrogen (secondary N) is 1. The largest absolute Gasteiger partial charge is 0.469 e. The number of hydrogen-bond donors (Lipinski definition) is 1. The van der Waals surface area contributed by atoms with Gasteiger partial charge in [-0.15, -0.1) is 0 Å². The van der Waals surface area contributed by atoms with Crippen molar-refractivity contribution in [1.29, 1.82) is 0 Å². The van der Waals surface area contributed by atoms with Crippen LogP contribution in [0.5, 0.6) is 0 Å². The highest BCUT2D eigenvalue weighted by atomic mass is 16.5. The van der Waals surface area contributed by atoms with E-state index in [0.717, 1.165) is 0 Å². The monoisotopic (exact) mass is 552 g/mol. The number of ether oxygens (including phenoxy) is 4. The molecule has 1 fully saturated rings. The molecule has 1 N–H and O–H groups in total. The molecule has 39 heavy (non-hydrogen) atoms. The van der Waals surface area contributed by atoms with Gasteiger partial charge in [0.05, 0.1) is 58.6 Å². The number of esters is 4. The third-order valence-electron chi connectivity index (χ3n) is 8.88. The van der Waals surface area contributed by atoms with E-state index in [2.05, 4.69) is 5.32 Å². The second-order valence-electron chi connectivity index (χ2n) is 10.9. The average Bonchev–Trinajstić information content (AvgIpc) is 3.28. The Kier molecular flexibility index (Phi) is 10.0. The van der Waals surface area contributed by atoms with Crippen molar-refractivity contribution in [2.75, 3.05) is 28.4 Å². The second kappa shape index (κ2) is 12.3. The lowest BCUT2D eigenvalue weighted by Gasteiger charge is -2.48. The highest BCUT2D eigenvalue weighted by Crippen LogP contribution is 2.57. The van der Waals surface area contributed by atoms with Crippen LogP contribution >= 0.6 is 0 Å². The number of methoxy groups -OCH3 is 4. The SMILES string of the molecule is COC(=O)CCC1C(=O)NC(C)(C2N=C(C(C)=O)C(C)(CCC(=O)OC)C2CC(=O)OC)C1(C)CC(=O)OC. The van der Waals surface area contributed by atoms with E-state index in [0.29, 0.717) is 0 Å². The molecule has 2 aliphatic heterocycles. The second-order valence-corrected chi connectivity index (χ2v) is 10.9. The fourth-order valence-electron chi connectivity index (χ4n) is 6.33. The highest BCUT2D eigenvalue weighted by molar-refractivity contribution is 6.41. The Labute approximate surface area is 228 Å². The van der Waals surface area contributed by atoms with Gasteiger partial charge in [-0.3, -0.25) is 33.8 Å². The fourth-order valence-corrected chi connectivity index (χ4v) is 6.33. The molecule has 0 aromatic carbocycles. The molecule has 0 spiro atoms. The minimum atomic E-state index is -1.26. The predicted octanol–water partition coefficient (Wildman–Crippen LogP) is 1.56. The standard InChI is InChI=1S/C27H40N2O10/c1-15(30)22-25(2,12-11-19(32)37-6)17(13-20(33)38-7)23(28-22)27(4)26(3,14-21(34)39-8)16(24(35)29-27)9-10-18(31)36-5/h16-17,23H,9-14H2,1-8H3,(H,29,35). The van der Waals surface area contributed by atoms with Crippen LogP contribution in [0.1, 0.15) is 66.2 Å². The topological polar surface area (TPSA) is 164 Å². The molecule has 218 valence electrons. The van der Waals surface area contributed by atoms with E-state index < -0.39 is 64.0 Å². The van der Waals surface area contributed by atoms with Gasteiger partial charge in [0.2, 0.25) is 5.91 Å². The van der Waals surface area contributed by atoms with Gasteiger partial charge in [-0.1, -0.05) is 13.8 Å². The van der Waals surface area contributed by atoms with Crippen LogP contribution in [0, 0.1) is 22.7 Å². The van der Waals surface area contributed by atoms with Crippen LogP contribution in [0.15, 0.2) is 4.99 Å². The Bertz CT molecular complexity index is 1060. The van der Waals surface area contributed by atoms with Crippen LogP contribution in [0.2, 0.25) is 0 Å². The van der Waals surface area contributed by atoms with Crippen LogP contribution in [-0.4, -0.2) is 81.3 Å². The predicted molar refractivity (Wildman–Crippen MR) is 137 cm³/mol. The van der Waals surface area contributed by atoms with Gasteiger partial charge in [0.15, 0.2) is 5.78 Å². The number of rotatable bonds is 12. The molecule has 0 aromatic heterocycles. The molecule has 6 atom stereocenters. The number of Topliss-reactive ketones (excluding diaryl/α,β-unsaturated/α-hetero) is 1. The zero-order valence-electron chi connectivity index (χ0n) is 24.0. The molecule has 0 saturated carbocycles. The summed E-state index contributed by atoms with van der Waals surface area (Å²) in [5, 5.41) is 3.02. The Morgan fingerprint density at radius 1 is 0.846 bits per heavy atom. The van der Waals surface area contributed by atoms with Crippen molar-refractivity contribution in [3.05, 3.63) is 0 Å².